The number of carbonyl (C=O) groups is 1. The minimum absolute atomic E-state index is 0.0911. The highest BCUT2D eigenvalue weighted by Gasteiger charge is 2.06. The summed E-state index contributed by atoms with van der Waals surface area (Å²) in [5.41, 5.74) is 1.13. The molecule has 0 spiro atoms. The molecule has 5 heteroatoms. The van der Waals surface area contributed by atoms with E-state index in [1.54, 1.807) is 20.2 Å². The summed E-state index contributed by atoms with van der Waals surface area (Å²) in [6, 6.07) is 1.67. The fourth-order valence-corrected chi connectivity index (χ4v) is 0.939. The maximum atomic E-state index is 11.0. The molecule has 0 radical (unpaired) electrons. The molecule has 2 N–H and O–H groups in total. The first-order valence-corrected chi connectivity index (χ1v) is 3.93. The van der Waals surface area contributed by atoms with E-state index in [-0.39, 0.29) is 5.78 Å². The van der Waals surface area contributed by atoms with Crippen molar-refractivity contribution >= 4 is 17.3 Å². The van der Waals surface area contributed by atoms with Crippen LogP contribution in [0, 0.1) is 0 Å². The minimum Gasteiger partial charge on any atom is -0.385 e. The smallest absolute Gasteiger partial charge is 0.180 e. The van der Waals surface area contributed by atoms with E-state index in [0.29, 0.717) is 11.5 Å². The summed E-state index contributed by atoms with van der Waals surface area (Å²) in [4.78, 5) is 11.0. The van der Waals surface area contributed by atoms with Crippen LogP contribution in [-0.4, -0.2) is 30.1 Å². The molecule has 5 nitrogen and oxygen atoms in total. The van der Waals surface area contributed by atoms with E-state index in [1.165, 1.54) is 6.92 Å². The van der Waals surface area contributed by atoms with E-state index in [9.17, 15) is 4.79 Å². The normalized spacial score (nSPS) is 9.46. The molecule has 0 amide bonds. The van der Waals surface area contributed by atoms with Crippen LogP contribution < -0.4 is 10.6 Å². The molecular formula is C8H12N4O. The molecule has 13 heavy (non-hydrogen) atoms. The Morgan fingerprint density at radius 1 is 1.31 bits per heavy atom. The average Bonchev–Trinajstić information content (AvgIpc) is 2.16. The summed E-state index contributed by atoms with van der Waals surface area (Å²) in [7, 11) is 3.51. The largest absolute Gasteiger partial charge is 0.385 e. The Kier molecular flexibility index (Phi) is 2.79. The van der Waals surface area contributed by atoms with E-state index in [4.69, 9.17) is 0 Å². The molecular weight excluding hydrogens is 168 g/mol. The van der Waals surface area contributed by atoms with Crippen LogP contribution in [0.15, 0.2) is 6.07 Å². The van der Waals surface area contributed by atoms with Gasteiger partial charge < -0.3 is 10.6 Å². The summed E-state index contributed by atoms with van der Waals surface area (Å²) < 4.78 is 0. The second-order valence-corrected chi connectivity index (χ2v) is 2.55. The Balaban J connectivity index is 3.13. The molecule has 70 valence electrons. The summed E-state index contributed by atoms with van der Waals surface area (Å²) in [6.45, 7) is 1.46. The number of ketones is 1. The molecule has 0 unspecified atom stereocenters. The lowest BCUT2D eigenvalue weighted by Crippen LogP contribution is -2.05. The zero-order valence-corrected chi connectivity index (χ0v) is 7.88. The minimum atomic E-state index is -0.0911. The van der Waals surface area contributed by atoms with Crippen molar-refractivity contribution < 1.29 is 4.79 Å². The summed E-state index contributed by atoms with van der Waals surface area (Å²) in [6.07, 6.45) is 0. The van der Waals surface area contributed by atoms with Crippen LogP contribution in [0.1, 0.15) is 17.4 Å². The van der Waals surface area contributed by atoms with Gasteiger partial charge >= 0.3 is 0 Å². The summed E-state index contributed by atoms with van der Waals surface area (Å²) in [5.74, 6) is 0.541. The first-order valence-electron chi connectivity index (χ1n) is 3.93. The zero-order chi connectivity index (χ0) is 9.84. The summed E-state index contributed by atoms with van der Waals surface area (Å²) in [5, 5.41) is 13.4. The van der Waals surface area contributed by atoms with Crippen molar-refractivity contribution in [2.45, 2.75) is 6.92 Å². The Labute approximate surface area is 76.6 Å². The van der Waals surface area contributed by atoms with Gasteiger partial charge in [-0.3, -0.25) is 4.79 Å². The molecule has 0 bridgehead atoms. The topological polar surface area (TPSA) is 66.9 Å². The van der Waals surface area contributed by atoms with Gasteiger partial charge in [-0.1, -0.05) is 0 Å². The maximum absolute atomic E-state index is 11.0. The molecule has 1 heterocycles. The van der Waals surface area contributed by atoms with E-state index < -0.39 is 0 Å². The van der Waals surface area contributed by atoms with Gasteiger partial charge in [-0.15, -0.1) is 10.2 Å². The van der Waals surface area contributed by atoms with Gasteiger partial charge in [-0.25, -0.2) is 0 Å². The Morgan fingerprint density at radius 3 is 2.46 bits per heavy atom. The molecule has 1 aromatic rings. The molecule has 1 rings (SSSR count). The molecule has 0 fully saturated rings. The van der Waals surface area contributed by atoms with Crippen molar-refractivity contribution in [3.63, 3.8) is 0 Å². The van der Waals surface area contributed by atoms with Crippen LogP contribution in [0.5, 0.6) is 0 Å². The number of nitrogens with one attached hydrogen (secondary N) is 2. The van der Waals surface area contributed by atoms with Crippen LogP contribution in [-0.2, 0) is 0 Å². The fraction of sp³-hybridized carbons (Fsp3) is 0.375. The van der Waals surface area contributed by atoms with Crippen molar-refractivity contribution in [3.8, 4) is 0 Å². The highest BCUT2D eigenvalue weighted by Crippen LogP contribution is 2.17. The second-order valence-electron chi connectivity index (χ2n) is 2.55. The molecule has 0 saturated carbocycles. The van der Waals surface area contributed by atoms with E-state index in [1.807, 2.05) is 0 Å². The molecule has 0 atom stereocenters. The van der Waals surface area contributed by atoms with Crippen molar-refractivity contribution in [1.29, 1.82) is 0 Å². The lowest BCUT2D eigenvalue weighted by molar-refractivity contribution is 0.101. The third-order valence-electron chi connectivity index (χ3n) is 1.66. The Bertz CT molecular complexity index is 324. The Hall–Kier alpha value is -1.65. The van der Waals surface area contributed by atoms with Gasteiger partial charge in [0, 0.05) is 21.0 Å². The van der Waals surface area contributed by atoms with Crippen molar-refractivity contribution in [1.82, 2.24) is 10.2 Å². The van der Waals surface area contributed by atoms with Gasteiger partial charge in [0.05, 0.1) is 5.69 Å². The lowest BCUT2D eigenvalue weighted by Gasteiger charge is -2.06. The van der Waals surface area contributed by atoms with Crippen molar-refractivity contribution in [3.05, 3.63) is 11.8 Å². The van der Waals surface area contributed by atoms with Crippen molar-refractivity contribution in [2.24, 2.45) is 0 Å². The fourth-order valence-electron chi connectivity index (χ4n) is 0.939. The lowest BCUT2D eigenvalue weighted by atomic mass is 10.2. The van der Waals surface area contributed by atoms with E-state index in [2.05, 4.69) is 20.8 Å². The highest BCUT2D eigenvalue weighted by atomic mass is 16.1. The van der Waals surface area contributed by atoms with Crippen LogP contribution in [0.4, 0.5) is 11.5 Å². The predicted molar refractivity (Wildman–Crippen MR) is 51.1 cm³/mol. The van der Waals surface area contributed by atoms with E-state index in [0.717, 1.165) is 5.69 Å². The summed E-state index contributed by atoms with van der Waals surface area (Å²) >= 11 is 0. The van der Waals surface area contributed by atoms with Gasteiger partial charge in [-0.05, 0) is 6.07 Å². The molecule has 0 aliphatic carbocycles. The van der Waals surface area contributed by atoms with Gasteiger partial charge in [0.1, 0.15) is 5.69 Å². The third kappa shape index (κ3) is 1.93. The number of carbonyl (C=O) groups excluding carboxylic acids is 1. The van der Waals surface area contributed by atoms with Crippen LogP contribution in [0.3, 0.4) is 0 Å². The van der Waals surface area contributed by atoms with Gasteiger partial charge in [0.2, 0.25) is 0 Å². The second kappa shape index (κ2) is 3.84. The molecule has 0 saturated heterocycles. The number of hydrogen-bond donors (Lipinski definition) is 2. The zero-order valence-electron chi connectivity index (χ0n) is 7.88. The monoisotopic (exact) mass is 180 g/mol. The van der Waals surface area contributed by atoms with Crippen LogP contribution >= 0.6 is 0 Å². The SMILES string of the molecule is CNc1cc(C(C)=O)nnc1NC. The maximum Gasteiger partial charge on any atom is 0.180 e. The van der Waals surface area contributed by atoms with Crippen LogP contribution in [0.2, 0.25) is 0 Å². The van der Waals surface area contributed by atoms with Crippen LogP contribution in [0.25, 0.3) is 0 Å². The predicted octanol–water partition coefficient (Wildman–Crippen LogP) is 0.763. The molecule has 0 aromatic carbocycles. The molecule has 0 aliphatic rings. The number of nitrogens with zero attached hydrogens (tertiary/aromatic N) is 2. The number of aromatic nitrogens is 2. The van der Waals surface area contributed by atoms with E-state index >= 15 is 0 Å². The first-order chi connectivity index (χ1) is 6.19. The first kappa shape index (κ1) is 9.44. The highest BCUT2D eigenvalue weighted by molar-refractivity contribution is 5.93. The number of rotatable bonds is 3. The van der Waals surface area contributed by atoms with Gasteiger partial charge in [0.25, 0.3) is 0 Å². The average molecular weight is 180 g/mol. The number of anilines is 2. The van der Waals surface area contributed by atoms with Crippen molar-refractivity contribution in [2.75, 3.05) is 24.7 Å². The number of Topliss-reactive ketones (excluding diaryl/α,β-unsaturated/α-hetero) is 1. The molecule has 1 aromatic heterocycles. The quantitative estimate of drug-likeness (QED) is 0.672. The Morgan fingerprint density at radius 2 is 2.00 bits per heavy atom. The number of hydrogen-bond acceptors (Lipinski definition) is 5. The molecule has 0 aliphatic heterocycles. The van der Waals surface area contributed by atoms with Gasteiger partial charge in [0.15, 0.2) is 11.6 Å². The third-order valence-corrected chi connectivity index (χ3v) is 1.66. The van der Waals surface area contributed by atoms with Gasteiger partial charge in [-0.2, -0.15) is 0 Å². The standard InChI is InChI=1S/C8H12N4O/c1-5(13)6-4-7(9-2)8(10-3)12-11-6/h4H,1-3H3,(H,9,11)(H,10,12).